The van der Waals surface area contributed by atoms with Crippen LogP contribution in [0.5, 0.6) is 11.5 Å². The van der Waals surface area contributed by atoms with Crippen molar-refractivity contribution in [3.05, 3.63) is 118 Å². The van der Waals surface area contributed by atoms with Crippen LogP contribution in [0.4, 0.5) is 11.4 Å². The lowest BCUT2D eigenvalue weighted by Gasteiger charge is -2.14. The highest BCUT2D eigenvalue weighted by Crippen LogP contribution is 2.28. The van der Waals surface area contributed by atoms with E-state index in [4.69, 9.17) is 21.1 Å². The second-order valence-corrected chi connectivity index (χ2v) is 10.8. The molecule has 0 bridgehead atoms. The van der Waals surface area contributed by atoms with Crippen molar-refractivity contribution >= 4 is 64.5 Å². The molecule has 3 amide bonds. The number of rotatable bonds is 12. The van der Waals surface area contributed by atoms with Gasteiger partial charge in [0.2, 0.25) is 5.91 Å². The molecule has 0 aliphatic heterocycles. The fourth-order valence-corrected chi connectivity index (χ4v) is 4.92. The minimum atomic E-state index is -1.14. The zero-order valence-electron chi connectivity index (χ0n) is 24.1. The molecule has 10 nitrogen and oxygen atoms in total. The van der Waals surface area contributed by atoms with Crippen molar-refractivity contribution in [3.63, 3.8) is 0 Å². The predicted octanol–water partition coefficient (Wildman–Crippen LogP) is 6.20. The molecule has 230 valence electrons. The average molecular weight is 646 g/mol. The first kappa shape index (κ1) is 32.6. The van der Waals surface area contributed by atoms with Crippen LogP contribution < -0.4 is 25.4 Å². The van der Waals surface area contributed by atoms with Crippen molar-refractivity contribution in [2.24, 2.45) is 0 Å². The summed E-state index contributed by atoms with van der Waals surface area (Å²) in [6, 6.07) is 24.4. The van der Waals surface area contributed by atoms with Gasteiger partial charge in [-0.15, -0.1) is 11.8 Å². The molecular formula is C33H28ClN3O7S. The molecule has 12 heteroatoms. The smallest absolute Gasteiger partial charge is 0.335 e. The number of amides is 3. The van der Waals surface area contributed by atoms with Crippen LogP contribution in [0, 0.1) is 0 Å². The van der Waals surface area contributed by atoms with Gasteiger partial charge in [-0.05, 0) is 72.8 Å². The molecule has 0 unspecified atom stereocenters. The van der Waals surface area contributed by atoms with Gasteiger partial charge in [-0.1, -0.05) is 35.9 Å². The third-order valence-electron chi connectivity index (χ3n) is 6.21. The Bertz CT molecular complexity index is 1760. The summed E-state index contributed by atoms with van der Waals surface area (Å²) in [4.78, 5) is 51.1. The Kier molecular flexibility index (Phi) is 11.2. The number of carbonyl (C=O) groups is 4. The maximum atomic E-state index is 13.5. The lowest BCUT2D eigenvalue weighted by Crippen LogP contribution is -2.30. The van der Waals surface area contributed by atoms with Gasteiger partial charge < -0.3 is 30.5 Å². The van der Waals surface area contributed by atoms with Gasteiger partial charge in [-0.25, -0.2) is 4.79 Å². The quantitative estimate of drug-likeness (QED) is 0.105. The Morgan fingerprint density at radius 3 is 2.33 bits per heavy atom. The molecule has 0 atom stereocenters. The largest absolute Gasteiger partial charge is 0.497 e. The van der Waals surface area contributed by atoms with Crippen LogP contribution in [0.1, 0.15) is 26.3 Å². The molecule has 4 rings (SSSR count). The molecule has 45 heavy (non-hydrogen) atoms. The van der Waals surface area contributed by atoms with Gasteiger partial charge in [0.1, 0.15) is 17.2 Å². The molecule has 4 N–H and O–H groups in total. The van der Waals surface area contributed by atoms with Gasteiger partial charge in [0.15, 0.2) is 0 Å². The number of carbonyl (C=O) groups excluding carboxylic acids is 3. The Balaban J connectivity index is 1.51. The molecular weight excluding hydrogens is 618 g/mol. The van der Waals surface area contributed by atoms with Gasteiger partial charge in [0.05, 0.1) is 36.2 Å². The summed E-state index contributed by atoms with van der Waals surface area (Å²) in [5.41, 5.74) is 1.41. The Morgan fingerprint density at radius 2 is 1.62 bits per heavy atom. The Hall–Kier alpha value is -5.26. The highest BCUT2D eigenvalue weighted by atomic mass is 35.5. The number of hydrogen-bond acceptors (Lipinski definition) is 7. The van der Waals surface area contributed by atoms with Crippen LogP contribution >= 0.6 is 23.4 Å². The van der Waals surface area contributed by atoms with Crippen molar-refractivity contribution < 1.29 is 33.8 Å². The van der Waals surface area contributed by atoms with Gasteiger partial charge in [-0.2, -0.15) is 0 Å². The zero-order chi connectivity index (χ0) is 32.3. The Morgan fingerprint density at radius 1 is 0.844 bits per heavy atom. The standard InChI is InChI=1S/C33H28ClN3O7S/c1-43-24-12-14-29(44-2)22(15-24)17-28(37-31(39)20-7-4-3-5-8-20)32(40)35-23-9-6-10-25(18-23)45-19-30(38)36-27-16-21(33(41)42)11-13-26(27)34/h3-18H,19H2,1-2H3,(H,35,40)(H,36,38)(H,37,39)(H,41,42)/b28-17+. The lowest BCUT2D eigenvalue weighted by molar-refractivity contribution is -0.114. The summed E-state index contributed by atoms with van der Waals surface area (Å²) >= 11 is 7.30. The van der Waals surface area contributed by atoms with Gasteiger partial charge in [0.25, 0.3) is 11.8 Å². The maximum Gasteiger partial charge on any atom is 0.335 e. The highest BCUT2D eigenvalue weighted by Gasteiger charge is 2.17. The van der Waals surface area contributed by atoms with Crippen LogP contribution in [0.3, 0.4) is 0 Å². The average Bonchev–Trinajstić information content (AvgIpc) is 3.04. The van der Waals surface area contributed by atoms with Gasteiger partial charge in [0, 0.05) is 21.7 Å². The van der Waals surface area contributed by atoms with E-state index in [1.165, 1.54) is 50.3 Å². The number of thioether (sulfide) groups is 1. The van der Waals surface area contributed by atoms with E-state index in [9.17, 15) is 24.3 Å². The van der Waals surface area contributed by atoms with E-state index in [-0.39, 0.29) is 27.7 Å². The fraction of sp³-hybridized carbons (Fsp3) is 0.0909. The van der Waals surface area contributed by atoms with Crippen LogP contribution in [-0.2, 0) is 9.59 Å². The van der Waals surface area contributed by atoms with E-state index in [2.05, 4.69) is 16.0 Å². The molecule has 0 radical (unpaired) electrons. The summed E-state index contributed by atoms with van der Waals surface area (Å²) in [7, 11) is 3.01. The van der Waals surface area contributed by atoms with Crippen LogP contribution in [0.25, 0.3) is 6.08 Å². The van der Waals surface area contributed by atoms with Crippen molar-refractivity contribution in [1.29, 1.82) is 0 Å². The third-order valence-corrected chi connectivity index (χ3v) is 7.54. The first-order valence-corrected chi connectivity index (χ1v) is 14.7. The molecule has 0 heterocycles. The molecule has 0 aliphatic carbocycles. The van der Waals surface area contributed by atoms with E-state index in [0.29, 0.717) is 33.2 Å². The SMILES string of the molecule is COc1ccc(OC)c(/C=C(/NC(=O)c2ccccc2)C(=O)Nc2cccc(SCC(=O)Nc3cc(C(=O)O)ccc3Cl)c2)c1. The van der Waals surface area contributed by atoms with E-state index in [1.54, 1.807) is 72.8 Å². The number of methoxy groups -OCH3 is 2. The monoisotopic (exact) mass is 645 g/mol. The second kappa shape index (κ2) is 15.5. The molecule has 0 spiro atoms. The fourth-order valence-electron chi connectivity index (χ4n) is 4.00. The van der Waals surface area contributed by atoms with E-state index in [0.717, 1.165) is 0 Å². The van der Waals surface area contributed by atoms with Crippen molar-refractivity contribution in [2.75, 3.05) is 30.6 Å². The van der Waals surface area contributed by atoms with E-state index >= 15 is 0 Å². The molecule has 0 saturated carbocycles. The van der Waals surface area contributed by atoms with Gasteiger partial charge >= 0.3 is 5.97 Å². The minimum absolute atomic E-state index is 0.0102. The molecule has 4 aromatic carbocycles. The zero-order valence-corrected chi connectivity index (χ0v) is 25.7. The summed E-state index contributed by atoms with van der Waals surface area (Å²) in [6.45, 7) is 0. The number of carboxylic acids is 1. The summed E-state index contributed by atoms with van der Waals surface area (Å²) in [6.07, 6.45) is 1.49. The van der Waals surface area contributed by atoms with Crippen molar-refractivity contribution in [2.45, 2.75) is 4.90 Å². The predicted molar refractivity (Wildman–Crippen MR) is 174 cm³/mol. The number of ether oxygens (including phenoxy) is 2. The topological polar surface area (TPSA) is 143 Å². The third kappa shape index (κ3) is 9.12. The number of aromatic carboxylic acids is 1. The van der Waals surface area contributed by atoms with E-state index < -0.39 is 23.7 Å². The van der Waals surface area contributed by atoms with Crippen LogP contribution in [0.2, 0.25) is 5.02 Å². The van der Waals surface area contributed by atoms with Crippen LogP contribution in [-0.4, -0.2) is 48.8 Å². The Labute approximate surface area is 268 Å². The molecule has 0 aliphatic rings. The van der Waals surface area contributed by atoms with E-state index in [1.807, 2.05) is 0 Å². The number of carboxylic acid groups (broad SMARTS) is 1. The van der Waals surface area contributed by atoms with Crippen molar-refractivity contribution in [1.82, 2.24) is 5.32 Å². The summed E-state index contributed by atoms with van der Waals surface area (Å²) < 4.78 is 10.8. The first-order valence-electron chi connectivity index (χ1n) is 13.3. The lowest BCUT2D eigenvalue weighted by atomic mass is 10.1. The normalized spacial score (nSPS) is 10.9. The highest BCUT2D eigenvalue weighted by molar-refractivity contribution is 8.00. The molecule has 0 fully saturated rings. The maximum absolute atomic E-state index is 13.5. The summed E-state index contributed by atoms with van der Waals surface area (Å²) in [5, 5.41) is 17.5. The number of benzene rings is 4. The van der Waals surface area contributed by atoms with Crippen molar-refractivity contribution in [3.8, 4) is 11.5 Å². The number of nitrogens with one attached hydrogen (secondary N) is 3. The number of halogens is 1. The first-order chi connectivity index (χ1) is 21.7. The minimum Gasteiger partial charge on any atom is -0.497 e. The molecule has 4 aromatic rings. The van der Waals surface area contributed by atoms with Crippen LogP contribution in [0.15, 0.2) is 102 Å². The second-order valence-electron chi connectivity index (χ2n) is 9.30. The molecule has 0 saturated heterocycles. The number of anilines is 2. The summed E-state index contributed by atoms with van der Waals surface area (Å²) in [5.74, 6) is -1.65. The molecule has 0 aromatic heterocycles. The van der Waals surface area contributed by atoms with Gasteiger partial charge in [-0.3, -0.25) is 14.4 Å². The number of hydrogen-bond donors (Lipinski definition) is 4.